The molecule has 0 saturated heterocycles. The molecule has 2 nitrogen and oxygen atoms in total. The first kappa shape index (κ1) is 14.2. The van der Waals surface area contributed by atoms with Gasteiger partial charge in [-0.2, -0.15) is 0 Å². The molecule has 0 atom stereocenters. The van der Waals surface area contributed by atoms with E-state index in [-0.39, 0.29) is 12.2 Å². The Hall–Kier alpha value is -2.20. The first-order valence-electron chi connectivity index (χ1n) is 6.14. The average molecular weight is 276 g/mol. The Bertz CT molecular complexity index is 572. The van der Waals surface area contributed by atoms with E-state index in [1.807, 2.05) is 30.3 Å². The van der Waals surface area contributed by atoms with Crippen LogP contribution in [0.2, 0.25) is 0 Å². The van der Waals surface area contributed by atoms with Gasteiger partial charge in [0.2, 0.25) is 0 Å². The molecule has 2 aromatic rings. The lowest BCUT2D eigenvalue weighted by molar-refractivity contribution is 0.277. The van der Waals surface area contributed by atoms with Crippen molar-refractivity contribution in [3.63, 3.8) is 0 Å². The van der Waals surface area contributed by atoms with E-state index < -0.39 is 24.0 Å². The molecule has 0 bridgehead atoms. The topological polar surface area (TPSA) is 29.5 Å². The third-order valence-electron chi connectivity index (χ3n) is 2.67. The average Bonchev–Trinajstić information content (AvgIpc) is 2.46. The van der Waals surface area contributed by atoms with E-state index in [1.165, 1.54) is 0 Å². The van der Waals surface area contributed by atoms with E-state index in [0.717, 1.165) is 17.7 Å². The number of rotatable bonds is 5. The van der Waals surface area contributed by atoms with Crippen molar-refractivity contribution >= 4 is 6.08 Å². The van der Waals surface area contributed by atoms with Gasteiger partial charge in [-0.1, -0.05) is 36.4 Å². The Morgan fingerprint density at radius 3 is 2.30 bits per heavy atom. The summed E-state index contributed by atoms with van der Waals surface area (Å²) < 4.78 is 32.2. The number of aliphatic hydroxyl groups is 1. The monoisotopic (exact) mass is 276 g/mol. The lowest BCUT2D eigenvalue weighted by Gasteiger charge is -2.07. The molecule has 0 heterocycles. The molecule has 0 aliphatic rings. The van der Waals surface area contributed by atoms with Crippen LogP contribution in [0.3, 0.4) is 0 Å². The highest BCUT2D eigenvalue weighted by atomic mass is 19.1. The second-order valence-corrected chi connectivity index (χ2v) is 4.17. The van der Waals surface area contributed by atoms with E-state index in [4.69, 9.17) is 9.84 Å². The minimum atomic E-state index is -0.817. The Morgan fingerprint density at radius 1 is 1.05 bits per heavy atom. The standard InChI is InChI=1S/C16H14F2O2/c17-14-9-13(11-19)10-15(18)16(14)20-8-4-7-12-5-2-1-3-6-12/h1-7,9-10,19H,8,11H2. The SMILES string of the molecule is OCc1cc(F)c(OCC=Cc2ccccc2)c(F)c1. The van der Waals surface area contributed by atoms with Crippen molar-refractivity contribution in [2.24, 2.45) is 0 Å². The van der Waals surface area contributed by atoms with Gasteiger partial charge in [0.1, 0.15) is 6.61 Å². The molecule has 1 N–H and O–H groups in total. The highest BCUT2D eigenvalue weighted by Gasteiger charge is 2.11. The zero-order chi connectivity index (χ0) is 14.4. The molecule has 0 spiro atoms. The number of hydrogen-bond acceptors (Lipinski definition) is 2. The summed E-state index contributed by atoms with van der Waals surface area (Å²) in [6, 6.07) is 11.6. The third-order valence-corrected chi connectivity index (χ3v) is 2.67. The zero-order valence-electron chi connectivity index (χ0n) is 10.7. The quantitative estimate of drug-likeness (QED) is 0.905. The molecular weight excluding hydrogens is 262 g/mol. The van der Waals surface area contributed by atoms with Crippen molar-refractivity contribution < 1.29 is 18.6 Å². The van der Waals surface area contributed by atoms with Crippen LogP contribution in [-0.4, -0.2) is 11.7 Å². The van der Waals surface area contributed by atoms with Crippen LogP contribution in [0.1, 0.15) is 11.1 Å². The molecule has 0 amide bonds. The summed E-state index contributed by atoms with van der Waals surface area (Å²) in [7, 11) is 0. The lowest BCUT2D eigenvalue weighted by Crippen LogP contribution is -2.00. The second kappa shape index (κ2) is 6.82. The van der Waals surface area contributed by atoms with Gasteiger partial charge in [0.05, 0.1) is 6.61 Å². The normalized spacial score (nSPS) is 10.9. The van der Waals surface area contributed by atoms with Gasteiger partial charge in [0.25, 0.3) is 0 Å². The summed E-state index contributed by atoms with van der Waals surface area (Å²) in [5.41, 5.74) is 1.15. The van der Waals surface area contributed by atoms with Gasteiger partial charge in [-0.25, -0.2) is 8.78 Å². The van der Waals surface area contributed by atoms with Gasteiger partial charge in [0.15, 0.2) is 17.4 Å². The number of hydrogen-bond donors (Lipinski definition) is 1. The van der Waals surface area contributed by atoms with Gasteiger partial charge in [-0.05, 0) is 29.3 Å². The Labute approximate surface area is 115 Å². The van der Waals surface area contributed by atoms with Gasteiger partial charge in [-0.15, -0.1) is 0 Å². The maximum absolute atomic E-state index is 13.5. The van der Waals surface area contributed by atoms with Crippen molar-refractivity contribution in [1.29, 1.82) is 0 Å². The van der Waals surface area contributed by atoms with E-state index in [9.17, 15) is 8.78 Å². The predicted molar refractivity (Wildman–Crippen MR) is 73.3 cm³/mol. The highest BCUT2D eigenvalue weighted by Crippen LogP contribution is 2.23. The first-order valence-corrected chi connectivity index (χ1v) is 6.14. The smallest absolute Gasteiger partial charge is 0.191 e. The molecule has 0 aromatic heterocycles. The van der Waals surface area contributed by atoms with Crippen LogP contribution in [0.5, 0.6) is 5.75 Å². The Kier molecular flexibility index (Phi) is 4.85. The van der Waals surface area contributed by atoms with E-state index >= 15 is 0 Å². The van der Waals surface area contributed by atoms with Gasteiger partial charge >= 0.3 is 0 Å². The van der Waals surface area contributed by atoms with Crippen LogP contribution in [-0.2, 0) is 6.61 Å². The summed E-state index contributed by atoms with van der Waals surface area (Å²) in [6.07, 6.45) is 3.48. The predicted octanol–water partition coefficient (Wildman–Crippen LogP) is 3.55. The van der Waals surface area contributed by atoms with E-state index in [1.54, 1.807) is 12.2 Å². The van der Waals surface area contributed by atoms with E-state index in [2.05, 4.69) is 0 Å². The summed E-state index contributed by atoms with van der Waals surface area (Å²) >= 11 is 0. The molecule has 2 rings (SSSR count). The van der Waals surface area contributed by atoms with Gasteiger partial charge < -0.3 is 9.84 Å². The largest absolute Gasteiger partial charge is 0.483 e. The Morgan fingerprint density at radius 2 is 1.70 bits per heavy atom. The molecule has 4 heteroatoms. The van der Waals surface area contributed by atoms with Crippen molar-refractivity contribution in [1.82, 2.24) is 0 Å². The summed E-state index contributed by atoms with van der Waals surface area (Å²) in [5.74, 6) is -2.07. The highest BCUT2D eigenvalue weighted by molar-refractivity contribution is 5.48. The molecule has 20 heavy (non-hydrogen) atoms. The summed E-state index contributed by atoms with van der Waals surface area (Å²) in [4.78, 5) is 0. The molecule has 104 valence electrons. The minimum Gasteiger partial charge on any atom is -0.483 e. The van der Waals surface area contributed by atoms with Crippen molar-refractivity contribution in [3.05, 3.63) is 71.3 Å². The van der Waals surface area contributed by atoms with Crippen LogP contribution in [0.15, 0.2) is 48.5 Å². The maximum Gasteiger partial charge on any atom is 0.191 e. The van der Waals surface area contributed by atoms with Crippen molar-refractivity contribution in [2.45, 2.75) is 6.61 Å². The molecule has 0 radical (unpaired) electrons. The van der Waals surface area contributed by atoms with E-state index in [0.29, 0.717) is 0 Å². The minimum absolute atomic E-state index is 0.0568. The fraction of sp³-hybridized carbons (Fsp3) is 0.125. The lowest BCUT2D eigenvalue weighted by atomic mass is 10.2. The second-order valence-electron chi connectivity index (χ2n) is 4.17. The summed E-state index contributed by atoms with van der Waals surface area (Å²) in [6.45, 7) is -0.358. The number of aliphatic hydroxyl groups excluding tert-OH is 1. The first-order chi connectivity index (χ1) is 9.70. The van der Waals surface area contributed by atoms with Crippen LogP contribution < -0.4 is 4.74 Å². The van der Waals surface area contributed by atoms with Crippen molar-refractivity contribution in [3.8, 4) is 5.75 Å². The van der Waals surface area contributed by atoms with Crippen LogP contribution in [0.4, 0.5) is 8.78 Å². The molecular formula is C16H14F2O2. The van der Waals surface area contributed by atoms with Gasteiger partial charge in [0, 0.05) is 0 Å². The van der Waals surface area contributed by atoms with Crippen LogP contribution in [0, 0.1) is 11.6 Å². The molecule has 0 fully saturated rings. The fourth-order valence-corrected chi connectivity index (χ4v) is 1.72. The van der Waals surface area contributed by atoms with Crippen LogP contribution >= 0.6 is 0 Å². The third kappa shape index (κ3) is 3.65. The Balaban J connectivity index is 1.99. The molecule has 0 unspecified atom stereocenters. The number of halogens is 2. The fourth-order valence-electron chi connectivity index (χ4n) is 1.72. The summed E-state index contributed by atoms with van der Waals surface area (Å²) in [5, 5.41) is 8.83. The maximum atomic E-state index is 13.5. The van der Waals surface area contributed by atoms with Crippen molar-refractivity contribution in [2.75, 3.05) is 6.61 Å². The molecule has 0 aliphatic carbocycles. The molecule has 0 aliphatic heterocycles. The van der Waals surface area contributed by atoms with Crippen LogP contribution in [0.25, 0.3) is 6.08 Å². The van der Waals surface area contributed by atoms with Gasteiger partial charge in [-0.3, -0.25) is 0 Å². The molecule has 2 aromatic carbocycles. The zero-order valence-corrected chi connectivity index (χ0v) is 10.7. The number of benzene rings is 2. The molecule has 0 saturated carbocycles. The number of ether oxygens (including phenoxy) is 1.